The third kappa shape index (κ3) is 3.75. The number of rotatable bonds is 4. The minimum atomic E-state index is -2.67. The molecule has 0 saturated carbocycles. The van der Waals surface area contributed by atoms with E-state index < -0.39 is 6.43 Å². The van der Waals surface area contributed by atoms with Crippen LogP contribution in [0, 0.1) is 0 Å². The normalized spacial score (nSPS) is 14.9. The van der Waals surface area contributed by atoms with Gasteiger partial charge in [0.2, 0.25) is 5.91 Å². The van der Waals surface area contributed by atoms with Crippen LogP contribution in [0.2, 0.25) is 5.02 Å². The molecule has 1 fully saturated rings. The quantitative estimate of drug-likeness (QED) is 0.666. The van der Waals surface area contributed by atoms with E-state index in [1.165, 1.54) is 12.1 Å². The standard InChI is InChI=1S/C18H17ClF2N6O/c19-14-2-1-12(9-13(14)18(20)21)10-17(28)26-7-5-25(6-8-26)16-4-3-15-23-22-11-27(15)24-16/h1-4,9,11,18H,5-8,10H2. The lowest BCUT2D eigenvalue weighted by molar-refractivity contribution is -0.130. The summed E-state index contributed by atoms with van der Waals surface area (Å²) in [6.07, 6.45) is -1.05. The van der Waals surface area contributed by atoms with Crippen LogP contribution in [0.1, 0.15) is 17.6 Å². The van der Waals surface area contributed by atoms with E-state index in [1.54, 1.807) is 21.8 Å². The van der Waals surface area contributed by atoms with E-state index >= 15 is 0 Å². The van der Waals surface area contributed by atoms with Gasteiger partial charge in [-0.25, -0.2) is 8.78 Å². The first kappa shape index (κ1) is 18.5. The highest BCUT2D eigenvalue weighted by molar-refractivity contribution is 6.31. The molecule has 0 spiro atoms. The largest absolute Gasteiger partial charge is 0.352 e. The molecule has 0 atom stereocenters. The first-order valence-electron chi connectivity index (χ1n) is 8.77. The number of benzene rings is 1. The molecular formula is C18H17ClF2N6O. The Kier molecular flexibility index (Phi) is 5.08. The van der Waals surface area contributed by atoms with Gasteiger partial charge in [0, 0.05) is 36.8 Å². The maximum Gasteiger partial charge on any atom is 0.265 e. The van der Waals surface area contributed by atoms with Gasteiger partial charge in [0.1, 0.15) is 12.1 Å². The number of carbonyl (C=O) groups is 1. The van der Waals surface area contributed by atoms with Crippen molar-refractivity contribution in [3.05, 3.63) is 52.8 Å². The Hall–Kier alpha value is -2.81. The van der Waals surface area contributed by atoms with Crippen molar-refractivity contribution in [2.24, 2.45) is 0 Å². The molecule has 0 aliphatic carbocycles. The topological polar surface area (TPSA) is 66.6 Å². The summed E-state index contributed by atoms with van der Waals surface area (Å²) < 4.78 is 27.6. The highest BCUT2D eigenvalue weighted by Gasteiger charge is 2.23. The summed E-state index contributed by atoms with van der Waals surface area (Å²) in [6, 6.07) is 8.05. The van der Waals surface area contributed by atoms with Gasteiger partial charge in [0.15, 0.2) is 5.65 Å². The Morgan fingerprint density at radius 3 is 2.68 bits per heavy atom. The summed E-state index contributed by atoms with van der Waals surface area (Å²) >= 11 is 5.78. The van der Waals surface area contributed by atoms with Crippen LogP contribution in [0.4, 0.5) is 14.6 Å². The Bertz CT molecular complexity index is 1000. The van der Waals surface area contributed by atoms with Crippen LogP contribution in [-0.2, 0) is 11.2 Å². The molecule has 1 aliphatic heterocycles. The van der Waals surface area contributed by atoms with Crippen LogP contribution >= 0.6 is 11.6 Å². The van der Waals surface area contributed by atoms with Gasteiger partial charge in [-0.05, 0) is 29.8 Å². The Labute approximate surface area is 164 Å². The van der Waals surface area contributed by atoms with Crippen LogP contribution in [0.15, 0.2) is 36.7 Å². The highest BCUT2D eigenvalue weighted by atomic mass is 35.5. The molecule has 2 aromatic heterocycles. The molecule has 0 radical (unpaired) electrons. The van der Waals surface area contributed by atoms with Gasteiger partial charge in [-0.2, -0.15) is 4.52 Å². The van der Waals surface area contributed by atoms with Crippen molar-refractivity contribution in [1.82, 2.24) is 24.7 Å². The molecule has 7 nitrogen and oxygen atoms in total. The molecule has 1 aromatic carbocycles. The molecule has 0 N–H and O–H groups in total. The van der Waals surface area contributed by atoms with Gasteiger partial charge in [0.05, 0.1) is 6.42 Å². The summed E-state index contributed by atoms with van der Waals surface area (Å²) in [5.74, 6) is 0.697. The van der Waals surface area contributed by atoms with Crippen LogP contribution in [-0.4, -0.2) is 56.8 Å². The maximum atomic E-state index is 13.0. The van der Waals surface area contributed by atoms with Gasteiger partial charge < -0.3 is 9.80 Å². The van der Waals surface area contributed by atoms with Crippen molar-refractivity contribution in [3.63, 3.8) is 0 Å². The predicted molar refractivity (Wildman–Crippen MR) is 99.7 cm³/mol. The molecule has 0 bridgehead atoms. The third-order valence-corrected chi connectivity index (χ3v) is 5.10. The van der Waals surface area contributed by atoms with Crippen molar-refractivity contribution >= 4 is 29.0 Å². The van der Waals surface area contributed by atoms with Crippen LogP contribution in [0.3, 0.4) is 0 Å². The number of piperazine rings is 1. The second kappa shape index (κ2) is 7.67. The van der Waals surface area contributed by atoms with E-state index in [9.17, 15) is 13.6 Å². The summed E-state index contributed by atoms with van der Waals surface area (Å²) in [4.78, 5) is 16.4. The van der Waals surface area contributed by atoms with Gasteiger partial charge in [-0.1, -0.05) is 17.7 Å². The molecule has 1 aliphatic rings. The fourth-order valence-electron chi connectivity index (χ4n) is 3.23. The highest BCUT2D eigenvalue weighted by Crippen LogP contribution is 2.28. The number of carbonyl (C=O) groups excluding carboxylic acids is 1. The smallest absolute Gasteiger partial charge is 0.265 e. The number of amides is 1. The monoisotopic (exact) mass is 406 g/mol. The molecule has 146 valence electrons. The fraction of sp³-hybridized carbons (Fsp3) is 0.333. The minimum absolute atomic E-state index is 0.0115. The van der Waals surface area contributed by atoms with Crippen molar-refractivity contribution in [1.29, 1.82) is 0 Å². The van der Waals surface area contributed by atoms with E-state index in [1.807, 2.05) is 12.1 Å². The Balaban J connectivity index is 1.38. The van der Waals surface area contributed by atoms with Gasteiger partial charge in [-0.3, -0.25) is 4.79 Å². The molecule has 3 heterocycles. The van der Waals surface area contributed by atoms with Gasteiger partial charge in [0.25, 0.3) is 6.43 Å². The van der Waals surface area contributed by atoms with Gasteiger partial charge in [-0.15, -0.1) is 15.3 Å². The lowest BCUT2D eigenvalue weighted by Gasteiger charge is -2.35. The van der Waals surface area contributed by atoms with Crippen molar-refractivity contribution in [2.75, 3.05) is 31.1 Å². The average Bonchev–Trinajstić information content (AvgIpc) is 3.17. The number of nitrogens with zero attached hydrogens (tertiary/aromatic N) is 6. The van der Waals surface area contributed by atoms with Crippen LogP contribution < -0.4 is 4.90 Å². The van der Waals surface area contributed by atoms with Crippen molar-refractivity contribution in [3.8, 4) is 0 Å². The second-order valence-corrected chi connectivity index (χ2v) is 6.93. The first-order chi connectivity index (χ1) is 13.5. The second-order valence-electron chi connectivity index (χ2n) is 6.53. The summed E-state index contributed by atoms with van der Waals surface area (Å²) in [5.41, 5.74) is 0.961. The molecule has 1 amide bonds. The number of hydrogen-bond donors (Lipinski definition) is 0. The molecule has 3 aromatic rings. The van der Waals surface area contributed by atoms with E-state index in [0.717, 1.165) is 5.82 Å². The Morgan fingerprint density at radius 1 is 1.14 bits per heavy atom. The van der Waals surface area contributed by atoms with Gasteiger partial charge >= 0.3 is 0 Å². The molecule has 4 rings (SSSR count). The van der Waals surface area contributed by atoms with E-state index in [4.69, 9.17) is 11.6 Å². The molecular weight excluding hydrogens is 390 g/mol. The first-order valence-corrected chi connectivity index (χ1v) is 9.15. The SMILES string of the molecule is O=C(Cc1ccc(Cl)c(C(F)F)c1)N1CCN(c2ccc3nncn3n2)CC1. The number of fused-ring (bicyclic) bond motifs is 1. The third-order valence-electron chi connectivity index (χ3n) is 4.75. The van der Waals surface area contributed by atoms with Crippen molar-refractivity contribution in [2.45, 2.75) is 12.8 Å². The Morgan fingerprint density at radius 2 is 1.93 bits per heavy atom. The summed E-state index contributed by atoms with van der Waals surface area (Å²) in [7, 11) is 0. The predicted octanol–water partition coefficient (Wildman–Crippen LogP) is 2.61. The number of aromatic nitrogens is 4. The number of anilines is 1. The minimum Gasteiger partial charge on any atom is -0.352 e. The number of hydrogen-bond acceptors (Lipinski definition) is 5. The van der Waals surface area contributed by atoms with E-state index in [0.29, 0.717) is 37.4 Å². The molecule has 1 saturated heterocycles. The lowest BCUT2D eigenvalue weighted by Crippen LogP contribution is -2.49. The van der Waals surface area contributed by atoms with Crippen LogP contribution in [0.25, 0.3) is 5.65 Å². The van der Waals surface area contributed by atoms with Crippen LogP contribution in [0.5, 0.6) is 0 Å². The summed E-state index contributed by atoms with van der Waals surface area (Å²) in [6.45, 7) is 2.34. The lowest BCUT2D eigenvalue weighted by atomic mass is 10.1. The van der Waals surface area contributed by atoms with E-state index in [-0.39, 0.29) is 22.9 Å². The maximum absolute atomic E-state index is 13.0. The average molecular weight is 407 g/mol. The zero-order valence-electron chi connectivity index (χ0n) is 14.8. The van der Waals surface area contributed by atoms with Crippen molar-refractivity contribution < 1.29 is 13.6 Å². The molecule has 10 heteroatoms. The number of halogens is 3. The number of alkyl halides is 2. The van der Waals surface area contributed by atoms with E-state index in [2.05, 4.69) is 20.2 Å². The zero-order chi connectivity index (χ0) is 19.7. The molecule has 28 heavy (non-hydrogen) atoms. The fourth-order valence-corrected chi connectivity index (χ4v) is 3.43. The summed E-state index contributed by atoms with van der Waals surface area (Å²) in [5, 5.41) is 12.2. The zero-order valence-corrected chi connectivity index (χ0v) is 15.6. The molecule has 0 unspecified atom stereocenters.